The molecule has 0 aliphatic heterocycles. The summed E-state index contributed by atoms with van der Waals surface area (Å²) in [6.07, 6.45) is 10.6. The number of aryl methyl sites for hydroxylation is 2. The lowest BCUT2D eigenvalue weighted by molar-refractivity contribution is 0.742. The predicted octanol–water partition coefficient (Wildman–Crippen LogP) is 6.72. The summed E-state index contributed by atoms with van der Waals surface area (Å²) < 4.78 is 0. The summed E-state index contributed by atoms with van der Waals surface area (Å²) in [5, 5.41) is 3.52. The third-order valence-corrected chi connectivity index (χ3v) is 7.32. The van der Waals surface area contributed by atoms with E-state index in [0.717, 1.165) is 45.3 Å². The van der Waals surface area contributed by atoms with Gasteiger partial charge in [-0.05, 0) is 50.1 Å². The summed E-state index contributed by atoms with van der Waals surface area (Å²) in [4.78, 5) is 22.0. The quantitative estimate of drug-likeness (QED) is 0.262. The van der Waals surface area contributed by atoms with Gasteiger partial charge in [0.25, 0.3) is 0 Å². The maximum atomic E-state index is 4.87. The number of hydrogen-bond acceptors (Lipinski definition) is 6. The molecule has 2 N–H and O–H groups in total. The predicted molar refractivity (Wildman–Crippen MR) is 158 cm³/mol. The molecule has 1 saturated carbocycles. The topological polar surface area (TPSA) is 73.0 Å². The van der Waals surface area contributed by atoms with Crippen LogP contribution >= 0.6 is 0 Å². The SMILES string of the molecule is C=CN(Cc1cnc(NC2CCCC2)nc1N(C)C)c1cc(-c2ncc(-c3ccccc3C)[nH]2)ccc1C. The van der Waals surface area contributed by atoms with Gasteiger partial charge in [0.2, 0.25) is 5.95 Å². The molecule has 0 amide bonds. The number of benzene rings is 2. The highest BCUT2D eigenvalue weighted by Crippen LogP contribution is 2.31. The molecule has 196 valence electrons. The second kappa shape index (κ2) is 11.1. The molecule has 2 heterocycles. The van der Waals surface area contributed by atoms with Gasteiger partial charge >= 0.3 is 0 Å². The van der Waals surface area contributed by atoms with Crippen LogP contribution in [-0.2, 0) is 6.54 Å². The largest absolute Gasteiger partial charge is 0.362 e. The standard InChI is InChI=1S/C31H37N7/c1-6-38(20-24-18-33-31(36-30(24)37(4)5)34-25-12-8-9-13-25)28-17-23(16-15-22(28)3)29-32-19-27(35-29)26-14-10-7-11-21(26)2/h6-7,10-11,14-19,25H,1,8-9,12-13,20H2,2-5H3,(H,32,35)(H,33,34,36). The van der Waals surface area contributed by atoms with Crippen molar-refractivity contribution in [1.82, 2.24) is 19.9 Å². The van der Waals surface area contributed by atoms with Gasteiger partial charge in [0.05, 0.1) is 18.4 Å². The first-order chi connectivity index (χ1) is 18.4. The van der Waals surface area contributed by atoms with Crippen molar-refractivity contribution in [3.63, 3.8) is 0 Å². The molecule has 0 radical (unpaired) electrons. The molecule has 7 heteroatoms. The maximum Gasteiger partial charge on any atom is 0.224 e. The number of nitrogens with one attached hydrogen (secondary N) is 2. The zero-order valence-electron chi connectivity index (χ0n) is 22.8. The minimum absolute atomic E-state index is 0.471. The van der Waals surface area contributed by atoms with Crippen molar-refractivity contribution in [2.75, 3.05) is 29.2 Å². The minimum Gasteiger partial charge on any atom is -0.362 e. The van der Waals surface area contributed by atoms with Crippen LogP contribution in [-0.4, -0.2) is 40.1 Å². The van der Waals surface area contributed by atoms with E-state index < -0.39 is 0 Å². The molecule has 1 aliphatic rings. The second-order valence-corrected chi connectivity index (χ2v) is 10.3. The third kappa shape index (κ3) is 5.42. The van der Waals surface area contributed by atoms with Crippen molar-refractivity contribution in [2.45, 2.75) is 52.1 Å². The van der Waals surface area contributed by atoms with Crippen LogP contribution < -0.4 is 15.1 Å². The van der Waals surface area contributed by atoms with E-state index in [1.165, 1.54) is 31.2 Å². The fraction of sp³-hybridized carbons (Fsp3) is 0.323. The summed E-state index contributed by atoms with van der Waals surface area (Å²) >= 11 is 0. The van der Waals surface area contributed by atoms with Crippen LogP contribution in [0.3, 0.4) is 0 Å². The fourth-order valence-corrected chi connectivity index (χ4v) is 5.20. The Bertz CT molecular complexity index is 1420. The minimum atomic E-state index is 0.471. The first kappa shape index (κ1) is 25.5. The first-order valence-corrected chi connectivity index (χ1v) is 13.3. The van der Waals surface area contributed by atoms with E-state index >= 15 is 0 Å². The van der Waals surface area contributed by atoms with Gasteiger partial charge in [0.1, 0.15) is 11.6 Å². The van der Waals surface area contributed by atoms with Crippen molar-refractivity contribution in [2.24, 2.45) is 0 Å². The molecule has 0 spiro atoms. The molecule has 5 rings (SSSR count). The van der Waals surface area contributed by atoms with Crippen LogP contribution in [0.2, 0.25) is 0 Å². The Balaban J connectivity index is 1.41. The molecular formula is C31H37N7. The highest BCUT2D eigenvalue weighted by molar-refractivity contribution is 5.71. The fourth-order valence-electron chi connectivity index (χ4n) is 5.20. The summed E-state index contributed by atoms with van der Waals surface area (Å²) in [5.74, 6) is 2.46. The maximum absolute atomic E-state index is 4.87. The summed E-state index contributed by atoms with van der Waals surface area (Å²) in [6.45, 7) is 8.97. The number of nitrogens with zero attached hydrogens (tertiary/aromatic N) is 5. The number of anilines is 3. The molecule has 0 unspecified atom stereocenters. The molecule has 2 aromatic carbocycles. The number of aromatic amines is 1. The van der Waals surface area contributed by atoms with Crippen molar-refractivity contribution < 1.29 is 0 Å². The van der Waals surface area contributed by atoms with Crippen LogP contribution in [0.15, 0.2) is 67.6 Å². The number of aromatic nitrogens is 4. The lowest BCUT2D eigenvalue weighted by Gasteiger charge is -2.25. The summed E-state index contributed by atoms with van der Waals surface area (Å²) in [6, 6.07) is 15.2. The first-order valence-electron chi connectivity index (χ1n) is 13.3. The smallest absolute Gasteiger partial charge is 0.224 e. The van der Waals surface area contributed by atoms with Gasteiger partial charge in [-0.15, -0.1) is 0 Å². The lowest BCUT2D eigenvalue weighted by Crippen LogP contribution is -2.23. The van der Waals surface area contributed by atoms with Crippen LogP contribution in [0.1, 0.15) is 42.4 Å². The van der Waals surface area contributed by atoms with E-state index in [4.69, 9.17) is 9.97 Å². The molecule has 2 aromatic heterocycles. The summed E-state index contributed by atoms with van der Waals surface area (Å²) in [7, 11) is 4.05. The molecule has 38 heavy (non-hydrogen) atoms. The normalized spacial score (nSPS) is 13.5. The Kier molecular flexibility index (Phi) is 7.45. The van der Waals surface area contributed by atoms with Crippen molar-refractivity contribution in [1.29, 1.82) is 0 Å². The Morgan fingerprint density at radius 3 is 2.55 bits per heavy atom. The summed E-state index contributed by atoms with van der Waals surface area (Å²) in [5.41, 5.74) is 7.69. The molecule has 0 saturated heterocycles. The van der Waals surface area contributed by atoms with Crippen molar-refractivity contribution in [3.8, 4) is 22.6 Å². The molecule has 0 atom stereocenters. The van der Waals surface area contributed by atoms with Crippen LogP contribution in [0.5, 0.6) is 0 Å². The second-order valence-electron chi connectivity index (χ2n) is 10.3. The van der Waals surface area contributed by atoms with Gasteiger partial charge in [-0.25, -0.2) is 9.97 Å². The Morgan fingerprint density at radius 1 is 1.03 bits per heavy atom. The lowest BCUT2D eigenvalue weighted by atomic mass is 10.1. The van der Waals surface area contributed by atoms with Crippen LogP contribution in [0.25, 0.3) is 22.6 Å². The monoisotopic (exact) mass is 507 g/mol. The molecule has 1 fully saturated rings. The molecule has 1 aliphatic carbocycles. The van der Waals surface area contributed by atoms with Crippen LogP contribution in [0, 0.1) is 13.8 Å². The number of imidazole rings is 1. The Labute approximate surface area is 225 Å². The van der Waals surface area contributed by atoms with E-state index in [9.17, 15) is 0 Å². The third-order valence-electron chi connectivity index (χ3n) is 7.32. The van der Waals surface area contributed by atoms with Crippen molar-refractivity contribution >= 4 is 17.5 Å². The average Bonchev–Trinajstić information content (AvgIpc) is 3.61. The van der Waals surface area contributed by atoms with Gasteiger partial charge in [-0.1, -0.05) is 55.8 Å². The van der Waals surface area contributed by atoms with Gasteiger partial charge in [0.15, 0.2) is 0 Å². The molecule has 4 aromatic rings. The van der Waals surface area contributed by atoms with E-state index in [0.29, 0.717) is 18.5 Å². The zero-order chi connectivity index (χ0) is 26.6. The highest BCUT2D eigenvalue weighted by atomic mass is 15.2. The van der Waals surface area contributed by atoms with Gasteiger partial charge in [0, 0.05) is 48.7 Å². The highest BCUT2D eigenvalue weighted by Gasteiger charge is 2.19. The van der Waals surface area contributed by atoms with Gasteiger partial charge in [-0.2, -0.15) is 4.98 Å². The zero-order valence-corrected chi connectivity index (χ0v) is 22.8. The Morgan fingerprint density at radius 2 is 1.82 bits per heavy atom. The number of H-pyrrole nitrogens is 1. The Hall–Kier alpha value is -4.13. The average molecular weight is 508 g/mol. The number of rotatable bonds is 9. The molecular weight excluding hydrogens is 470 g/mol. The van der Waals surface area contributed by atoms with E-state index in [1.807, 2.05) is 32.7 Å². The molecule has 7 nitrogen and oxygen atoms in total. The molecule has 0 bridgehead atoms. The van der Waals surface area contributed by atoms with Crippen LogP contribution in [0.4, 0.5) is 17.5 Å². The van der Waals surface area contributed by atoms with Crippen molar-refractivity contribution in [3.05, 3.63) is 84.3 Å². The van der Waals surface area contributed by atoms with Gasteiger partial charge < -0.3 is 20.1 Å². The van der Waals surface area contributed by atoms with Gasteiger partial charge in [-0.3, -0.25) is 0 Å². The van der Waals surface area contributed by atoms with E-state index in [1.54, 1.807) is 0 Å². The van der Waals surface area contributed by atoms with E-state index in [2.05, 4.69) is 88.0 Å². The number of hydrogen-bond donors (Lipinski definition) is 2. The van der Waals surface area contributed by atoms with E-state index in [-0.39, 0.29) is 0 Å².